The molecule has 0 aliphatic carbocycles. The van der Waals surface area contributed by atoms with Gasteiger partial charge in [-0.3, -0.25) is 0 Å². The molecule has 2 rings (SSSR count). The van der Waals surface area contributed by atoms with Crippen molar-refractivity contribution in [1.82, 2.24) is 16.1 Å². The lowest BCUT2D eigenvalue weighted by Crippen LogP contribution is -2.37. The highest BCUT2D eigenvalue weighted by molar-refractivity contribution is 5.87. The minimum atomic E-state index is -0.881. The molecule has 0 saturated heterocycles. The first-order chi connectivity index (χ1) is 8.24. The van der Waals surface area contributed by atoms with Gasteiger partial charge < -0.3 is 5.32 Å². The average molecular weight is 238 g/mol. The lowest BCUT2D eigenvalue weighted by molar-refractivity contribution is -0.0229. The van der Waals surface area contributed by atoms with Gasteiger partial charge in [-0.25, -0.2) is 5.43 Å². The van der Waals surface area contributed by atoms with Gasteiger partial charge in [0.15, 0.2) is 0 Å². The van der Waals surface area contributed by atoms with E-state index in [0.717, 1.165) is 18.1 Å². The largest absolute Gasteiger partial charge is 0.370 e. The maximum atomic E-state index is 12.7. The summed E-state index contributed by atoms with van der Waals surface area (Å²) in [5.41, 5.74) is 3.38. The van der Waals surface area contributed by atoms with Crippen molar-refractivity contribution < 1.29 is 8.87 Å². The van der Waals surface area contributed by atoms with E-state index in [2.05, 4.69) is 15.8 Å². The number of benzene rings is 1. The van der Waals surface area contributed by atoms with Crippen LogP contribution >= 0.6 is 0 Å². The van der Waals surface area contributed by atoms with Crippen LogP contribution in [0.1, 0.15) is 5.56 Å². The summed E-state index contributed by atoms with van der Waals surface area (Å²) in [5, 5.41) is 5.60. The van der Waals surface area contributed by atoms with E-state index in [9.17, 15) is 8.87 Å². The number of hydrazine groups is 1. The number of hydrogen-bond acceptors (Lipinski definition) is 4. The molecule has 4 nitrogen and oxygen atoms in total. The second-order valence-corrected chi connectivity index (χ2v) is 3.52. The quantitative estimate of drug-likeness (QED) is 0.783. The standard InChI is InChI=1S/C11H12F2N4/c12-10-8-11(16-17(13)15-10)14-7-6-9-4-2-1-3-5-9/h1-5,8,14,16H,6-7H2. The van der Waals surface area contributed by atoms with Crippen molar-refractivity contribution >= 4 is 5.97 Å². The number of nitrogens with one attached hydrogen (secondary N) is 2. The van der Waals surface area contributed by atoms with Gasteiger partial charge in [0.05, 0.1) is 0 Å². The molecule has 0 atom stereocenters. The Morgan fingerprint density at radius 2 is 2.06 bits per heavy atom. The van der Waals surface area contributed by atoms with E-state index in [1.807, 2.05) is 30.3 Å². The van der Waals surface area contributed by atoms with Gasteiger partial charge in [0.25, 0.3) is 0 Å². The molecule has 0 fully saturated rings. The highest BCUT2D eigenvalue weighted by Gasteiger charge is 2.10. The summed E-state index contributed by atoms with van der Waals surface area (Å²) in [7, 11) is 0. The fourth-order valence-electron chi connectivity index (χ4n) is 1.47. The normalized spacial score (nSPS) is 14.8. The Hall–Kier alpha value is -2.11. The van der Waals surface area contributed by atoms with Crippen LogP contribution in [-0.4, -0.2) is 17.9 Å². The number of nitrogens with zero attached hydrogens (tertiary/aromatic N) is 2. The molecule has 0 amide bonds. The summed E-state index contributed by atoms with van der Waals surface area (Å²) in [5.74, 6) is -0.635. The molecule has 0 bridgehead atoms. The van der Waals surface area contributed by atoms with Crippen molar-refractivity contribution in [3.05, 3.63) is 47.8 Å². The monoisotopic (exact) mass is 238 g/mol. The number of allylic oxidation sites excluding steroid dienone is 1. The zero-order valence-corrected chi connectivity index (χ0v) is 9.03. The van der Waals surface area contributed by atoms with Crippen LogP contribution in [0, 0.1) is 0 Å². The van der Waals surface area contributed by atoms with Gasteiger partial charge in [0, 0.05) is 12.6 Å². The second kappa shape index (κ2) is 5.29. The predicted molar refractivity (Wildman–Crippen MR) is 60.9 cm³/mol. The minimum Gasteiger partial charge on any atom is -0.370 e. The van der Waals surface area contributed by atoms with Crippen molar-refractivity contribution in [1.29, 1.82) is 0 Å². The molecule has 1 heterocycles. The smallest absolute Gasteiger partial charge is 0.239 e. The SMILES string of the molecule is FC1=NN(F)NC(NCCc2ccccc2)=C1. The van der Waals surface area contributed by atoms with Crippen LogP contribution < -0.4 is 10.7 Å². The maximum absolute atomic E-state index is 12.7. The van der Waals surface area contributed by atoms with Crippen LogP contribution in [0.2, 0.25) is 0 Å². The van der Waals surface area contributed by atoms with E-state index in [1.54, 1.807) is 0 Å². The van der Waals surface area contributed by atoms with Gasteiger partial charge in [-0.1, -0.05) is 39.9 Å². The van der Waals surface area contributed by atoms with Crippen LogP contribution in [0.5, 0.6) is 0 Å². The van der Waals surface area contributed by atoms with Crippen molar-refractivity contribution in [3.63, 3.8) is 0 Å². The molecule has 1 aromatic carbocycles. The van der Waals surface area contributed by atoms with Crippen LogP contribution in [-0.2, 0) is 6.42 Å². The van der Waals surface area contributed by atoms with E-state index in [1.165, 1.54) is 0 Å². The Bertz CT molecular complexity index is 430. The summed E-state index contributed by atoms with van der Waals surface area (Å²) in [6.07, 6.45) is 1.87. The van der Waals surface area contributed by atoms with Gasteiger partial charge in [-0.15, -0.1) is 0 Å². The zero-order chi connectivity index (χ0) is 12.1. The summed E-state index contributed by atoms with van der Waals surface area (Å²) >= 11 is 0. The van der Waals surface area contributed by atoms with E-state index in [0.29, 0.717) is 6.54 Å². The van der Waals surface area contributed by atoms with Gasteiger partial charge in [0.2, 0.25) is 5.97 Å². The van der Waals surface area contributed by atoms with Gasteiger partial charge in [-0.05, 0) is 17.3 Å². The van der Waals surface area contributed by atoms with E-state index < -0.39 is 5.97 Å². The molecular weight excluding hydrogens is 226 g/mol. The predicted octanol–water partition coefficient (Wildman–Crippen LogP) is 1.65. The Kier molecular flexibility index (Phi) is 3.54. The van der Waals surface area contributed by atoms with Gasteiger partial charge >= 0.3 is 0 Å². The third-order valence-electron chi connectivity index (χ3n) is 2.23. The molecule has 0 spiro atoms. The fourth-order valence-corrected chi connectivity index (χ4v) is 1.47. The molecule has 0 radical (unpaired) electrons. The van der Waals surface area contributed by atoms with Crippen LogP contribution in [0.3, 0.4) is 0 Å². The molecular formula is C11H12F2N4. The third-order valence-corrected chi connectivity index (χ3v) is 2.23. The molecule has 17 heavy (non-hydrogen) atoms. The van der Waals surface area contributed by atoms with E-state index in [-0.39, 0.29) is 11.2 Å². The highest BCUT2D eigenvalue weighted by atomic mass is 19.2. The zero-order valence-electron chi connectivity index (χ0n) is 9.03. The highest BCUT2D eigenvalue weighted by Crippen LogP contribution is 2.02. The number of rotatable bonds is 4. The Morgan fingerprint density at radius 1 is 1.29 bits per heavy atom. The second-order valence-electron chi connectivity index (χ2n) is 3.52. The maximum Gasteiger partial charge on any atom is 0.239 e. The molecule has 1 aromatic rings. The lowest BCUT2D eigenvalue weighted by Gasteiger charge is -2.18. The first kappa shape index (κ1) is 11.4. The molecule has 90 valence electrons. The third kappa shape index (κ3) is 3.44. The van der Waals surface area contributed by atoms with Crippen LogP contribution in [0.25, 0.3) is 0 Å². The summed E-state index contributed by atoms with van der Waals surface area (Å²) < 4.78 is 25.4. The van der Waals surface area contributed by atoms with E-state index >= 15 is 0 Å². The number of hydrazone groups is 1. The molecule has 0 aromatic heterocycles. The van der Waals surface area contributed by atoms with Crippen LogP contribution in [0.15, 0.2) is 47.3 Å². The average Bonchev–Trinajstić information content (AvgIpc) is 2.29. The summed E-state index contributed by atoms with van der Waals surface area (Å²) in [6.45, 7) is 0.573. The Labute approximate surface area is 97.5 Å². The molecule has 2 N–H and O–H groups in total. The van der Waals surface area contributed by atoms with Crippen molar-refractivity contribution in [2.75, 3.05) is 6.54 Å². The molecule has 0 saturated carbocycles. The molecule has 1 aliphatic heterocycles. The molecule has 1 aliphatic rings. The first-order valence-electron chi connectivity index (χ1n) is 5.20. The van der Waals surface area contributed by atoms with Crippen molar-refractivity contribution in [2.45, 2.75) is 6.42 Å². The minimum absolute atomic E-state index is 0.166. The van der Waals surface area contributed by atoms with Gasteiger partial charge in [-0.2, -0.15) is 4.39 Å². The fraction of sp³-hybridized carbons (Fsp3) is 0.182. The molecule has 6 heteroatoms. The van der Waals surface area contributed by atoms with E-state index in [4.69, 9.17) is 0 Å². The summed E-state index contributed by atoms with van der Waals surface area (Å²) in [6, 6.07) is 9.82. The topological polar surface area (TPSA) is 39.7 Å². The van der Waals surface area contributed by atoms with Gasteiger partial charge in [0.1, 0.15) is 5.82 Å². The number of halogens is 2. The van der Waals surface area contributed by atoms with Crippen molar-refractivity contribution in [3.8, 4) is 0 Å². The van der Waals surface area contributed by atoms with Crippen molar-refractivity contribution in [2.24, 2.45) is 5.10 Å². The lowest BCUT2D eigenvalue weighted by atomic mass is 10.1. The summed E-state index contributed by atoms with van der Waals surface area (Å²) in [4.78, 5) is 0. The molecule has 0 unspecified atom stereocenters. The number of hydrogen-bond donors (Lipinski definition) is 2. The van der Waals surface area contributed by atoms with Crippen LogP contribution in [0.4, 0.5) is 8.87 Å². The first-order valence-corrected chi connectivity index (χ1v) is 5.20. The Morgan fingerprint density at radius 3 is 2.76 bits per heavy atom. The Balaban J connectivity index is 1.81.